The molecule has 0 aliphatic carbocycles. The van der Waals surface area contributed by atoms with Crippen LogP contribution in [-0.4, -0.2) is 35.6 Å². The summed E-state index contributed by atoms with van der Waals surface area (Å²) in [5, 5.41) is 14.4. The lowest BCUT2D eigenvalue weighted by Gasteiger charge is -2.18. The number of carbonyl (C=O) groups excluding carboxylic acids is 1. The van der Waals surface area contributed by atoms with Crippen LogP contribution < -0.4 is 10.6 Å². The molecule has 1 atom stereocenters. The van der Waals surface area contributed by atoms with E-state index in [1.54, 1.807) is 0 Å². The quantitative estimate of drug-likeness (QED) is 0.598. The van der Waals surface area contributed by atoms with Gasteiger partial charge in [0.05, 0.1) is 0 Å². The molecule has 0 saturated heterocycles. The summed E-state index contributed by atoms with van der Waals surface area (Å²) in [5.74, 6) is -0.772. The zero-order valence-corrected chi connectivity index (χ0v) is 10.4. The minimum Gasteiger partial charge on any atom is -0.480 e. The van der Waals surface area contributed by atoms with Crippen molar-refractivity contribution < 1.29 is 14.7 Å². The van der Waals surface area contributed by atoms with E-state index < -0.39 is 12.0 Å². The van der Waals surface area contributed by atoms with Crippen LogP contribution in [0.25, 0.3) is 0 Å². The molecule has 1 amide bonds. The molecule has 0 heterocycles. The summed E-state index contributed by atoms with van der Waals surface area (Å²) in [7, 11) is 0. The summed E-state index contributed by atoms with van der Waals surface area (Å²) in [6.45, 7) is 7.75. The maximum Gasteiger partial charge on any atom is 0.322 e. The third-order valence-electron chi connectivity index (χ3n) is 1.93. The number of nitrogens with one attached hydrogen (secondary N) is 2. The molecular weight excluding hydrogens is 208 g/mol. The molecule has 5 nitrogen and oxygen atoms in total. The molecule has 5 heteroatoms. The summed E-state index contributed by atoms with van der Waals surface area (Å²) in [4.78, 5) is 22.2. The van der Waals surface area contributed by atoms with E-state index in [0.717, 1.165) is 0 Å². The standard InChI is InChI=1S/C11H22N2O3/c1-7(2)5-10(14)12-6-9(11(15)16)13-8(3)4/h7-9,13H,5-6H2,1-4H3,(H,12,14)(H,15,16)/t9-/m0/s1. The minimum absolute atomic E-state index is 0.0723. The Balaban J connectivity index is 4.02. The zero-order chi connectivity index (χ0) is 12.7. The summed E-state index contributed by atoms with van der Waals surface area (Å²) in [6.07, 6.45) is 0.425. The highest BCUT2D eigenvalue weighted by molar-refractivity contribution is 5.78. The number of rotatable bonds is 7. The lowest BCUT2D eigenvalue weighted by Crippen LogP contribution is -2.48. The Labute approximate surface area is 96.6 Å². The average Bonchev–Trinajstić information content (AvgIpc) is 2.09. The molecule has 0 aromatic rings. The van der Waals surface area contributed by atoms with Crippen LogP contribution in [0.3, 0.4) is 0 Å². The van der Waals surface area contributed by atoms with Gasteiger partial charge in [0.25, 0.3) is 0 Å². The van der Waals surface area contributed by atoms with Crippen molar-refractivity contribution in [1.82, 2.24) is 10.6 Å². The molecule has 0 aromatic carbocycles. The highest BCUT2D eigenvalue weighted by atomic mass is 16.4. The van der Waals surface area contributed by atoms with Gasteiger partial charge in [-0.1, -0.05) is 27.7 Å². The Bertz CT molecular complexity index is 239. The maximum absolute atomic E-state index is 11.3. The summed E-state index contributed by atoms with van der Waals surface area (Å²) in [5.41, 5.74) is 0. The van der Waals surface area contributed by atoms with Crippen molar-refractivity contribution in [2.75, 3.05) is 6.54 Å². The van der Waals surface area contributed by atoms with E-state index in [1.165, 1.54) is 0 Å². The number of hydrogen-bond acceptors (Lipinski definition) is 3. The molecule has 16 heavy (non-hydrogen) atoms. The van der Waals surface area contributed by atoms with Crippen LogP contribution in [0.2, 0.25) is 0 Å². The molecule has 0 saturated carbocycles. The SMILES string of the molecule is CC(C)CC(=O)NC[C@H](NC(C)C)C(=O)O. The van der Waals surface area contributed by atoms with Crippen LogP contribution >= 0.6 is 0 Å². The van der Waals surface area contributed by atoms with Gasteiger partial charge >= 0.3 is 5.97 Å². The molecule has 0 fully saturated rings. The van der Waals surface area contributed by atoms with Crippen LogP contribution in [0.4, 0.5) is 0 Å². The first-order valence-corrected chi connectivity index (χ1v) is 5.58. The molecule has 0 aliphatic heterocycles. The van der Waals surface area contributed by atoms with Crippen molar-refractivity contribution in [1.29, 1.82) is 0 Å². The van der Waals surface area contributed by atoms with Gasteiger partial charge in [-0.15, -0.1) is 0 Å². The van der Waals surface area contributed by atoms with E-state index in [0.29, 0.717) is 6.42 Å². The first-order valence-electron chi connectivity index (χ1n) is 5.58. The number of aliphatic carboxylic acids is 1. The lowest BCUT2D eigenvalue weighted by atomic mass is 10.1. The highest BCUT2D eigenvalue weighted by Gasteiger charge is 2.18. The first-order chi connectivity index (χ1) is 7.32. The lowest BCUT2D eigenvalue weighted by molar-refractivity contribution is -0.139. The van der Waals surface area contributed by atoms with E-state index in [9.17, 15) is 9.59 Å². The van der Waals surface area contributed by atoms with Crippen LogP contribution in [0.5, 0.6) is 0 Å². The van der Waals surface area contributed by atoms with Crippen molar-refractivity contribution in [3.8, 4) is 0 Å². The second kappa shape index (κ2) is 7.22. The zero-order valence-electron chi connectivity index (χ0n) is 10.4. The van der Waals surface area contributed by atoms with Gasteiger partial charge in [0.2, 0.25) is 5.91 Å². The number of carboxylic acid groups (broad SMARTS) is 1. The van der Waals surface area contributed by atoms with Gasteiger partial charge in [0, 0.05) is 19.0 Å². The monoisotopic (exact) mass is 230 g/mol. The Morgan fingerprint density at radius 2 is 1.75 bits per heavy atom. The van der Waals surface area contributed by atoms with Crippen molar-refractivity contribution in [3.63, 3.8) is 0 Å². The van der Waals surface area contributed by atoms with E-state index in [2.05, 4.69) is 10.6 Å². The molecule has 0 rings (SSSR count). The van der Waals surface area contributed by atoms with Crippen LogP contribution in [-0.2, 0) is 9.59 Å². The Hall–Kier alpha value is -1.10. The second-order valence-electron chi connectivity index (χ2n) is 4.61. The molecule has 0 spiro atoms. The molecular formula is C11H22N2O3. The van der Waals surface area contributed by atoms with Gasteiger partial charge in [-0.05, 0) is 5.92 Å². The highest BCUT2D eigenvalue weighted by Crippen LogP contribution is 1.98. The smallest absolute Gasteiger partial charge is 0.322 e. The fourth-order valence-corrected chi connectivity index (χ4v) is 1.28. The summed E-state index contributed by atoms with van der Waals surface area (Å²) < 4.78 is 0. The number of carboxylic acids is 1. The Morgan fingerprint density at radius 1 is 1.19 bits per heavy atom. The molecule has 0 aromatic heterocycles. The van der Waals surface area contributed by atoms with Crippen molar-refractivity contribution in [2.24, 2.45) is 5.92 Å². The van der Waals surface area contributed by atoms with E-state index >= 15 is 0 Å². The number of amides is 1. The van der Waals surface area contributed by atoms with Crippen LogP contribution in [0, 0.1) is 5.92 Å². The normalized spacial score (nSPS) is 12.9. The van der Waals surface area contributed by atoms with Gasteiger partial charge in [0.15, 0.2) is 0 Å². The molecule has 3 N–H and O–H groups in total. The fraction of sp³-hybridized carbons (Fsp3) is 0.818. The summed E-state index contributed by atoms with van der Waals surface area (Å²) >= 11 is 0. The third kappa shape index (κ3) is 7.23. The Morgan fingerprint density at radius 3 is 2.12 bits per heavy atom. The topological polar surface area (TPSA) is 78.4 Å². The molecule has 0 bridgehead atoms. The number of carbonyl (C=O) groups is 2. The number of hydrogen-bond donors (Lipinski definition) is 3. The van der Waals surface area contributed by atoms with Crippen LogP contribution in [0.1, 0.15) is 34.1 Å². The largest absolute Gasteiger partial charge is 0.480 e. The molecule has 0 radical (unpaired) electrons. The first kappa shape index (κ1) is 14.9. The van der Waals surface area contributed by atoms with Crippen molar-refractivity contribution in [2.45, 2.75) is 46.2 Å². The summed E-state index contributed by atoms with van der Waals surface area (Å²) in [6, 6.07) is -0.654. The second-order valence-corrected chi connectivity index (χ2v) is 4.61. The molecule has 0 unspecified atom stereocenters. The predicted molar refractivity (Wildman–Crippen MR) is 62.2 cm³/mol. The van der Waals surface area contributed by atoms with Gasteiger partial charge in [-0.3, -0.25) is 9.59 Å². The average molecular weight is 230 g/mol. The van der Waals surface area contributed by atoms with Gasteiger partial charge in [0.1, 0.15) is 6.04 Å². The van der Waals surface area contributed by atoms with Crippen molar-refractivity contribution >= 4 is 11.9 Å². The van der Waals surface area contributed by atoms with Gasteiger partial charge in [-0.25, -0.2) is 0 Å². The van der Waals surface area contributed by atoms with Gasteiger partial charge in [-0.2, -0.15) is 0 Å². The van der Waals surface area contributed by atoms with Crippen molar-refractivity contribution in [3.05, 3.63) is 0 Å². The minimum atomic E-state index is -0.946. The third-order valence-corrected chi connectivity index (χ3v) is 1.93. The molecule has 94 valence electrons. The van der Waals surface area contributed by atoms with E-state index in [4.69, 9.17) is 5.11 Å². The predicted octanol–water partition coefficient (Wildman–Crippen LogP) is 0.600. The fourth-order valence-electron chi connectivity index (χ4n) is 1.28. The Kier molecular flexibility index (Phi) is 6.72. The van der Waals surface area contributed by atoms with E-state index in [-0.39, 0.29) is 24.4 Å². The van der Waals surface area contributed by atoms with E-state index in [1.807, 2.05) is 27.7 Å². The van der Waals surface area contributed by atoms with Gasteiger partial charge < -0.3 is 15.7 Å². The molecule has 0 aliphatic rings. The van der Waals surface area contributed by atoms with Crippen LogP contribution in [0.15, 0.2) is 0 Å². The maximum atomic E-state index is 11.3.